The standard InChI is InChI=1S/C22H24ClN3O2S2.ClH/c23-18-3-1-16-11-21(4-2-15(16)9-18)30(27,28)26-8-6-19(14-26)25-13-20-10-17-12-24-7-5-22(17)29-20;/h1-4,9-11,19,24-25H,5-8,12-14H2;1H/t19-;/m0./s1. The second-order valence-corrected chi connectivity index (χ2v) is 11.6. The van der Waals surface area contributed by atoms with Gasteiger partial charge in [0.1, 0.15) is 0 Å². The van der Waals surface area contributed by atoms with E-state index >= 15 is 0 Å². The minimum atomic E-state index is -3.50. The molecule has 5 rings (SSSR count). The van der Waals surface area contributed by atoms with E-state index in [1.165, 1.54) is 15.3 Å². The molecule has 1 fully saturated rings. The van der Waals surface area contributed by atoms with Gasteiger partial charge in [0.05, 0.1) is 4.90 Å². The lowest BCUT2D eigenvalue weighted by Crippen LogP contribution is -2.34. The molecule has 2 aromatic carbocycles. The summed E-state index contributed by atoms with van der Waals surface area (Å²) in [7, 11) is -3.50. The molecule has 2 N–H and O–H groups in total. The van der Waals surface area contributed by atoms with Crippen LogP contribution in [0, 0.1) is 0 Å². The Morgan fingerprint density at radius 3 is 2.81 bits per heavy atom. The van der Waals surface area contributed by atoms with Crippen molar-refractivity contribution in [2.75, 3.05) is 19.6 Å². The molecule has 0 radical (unpaired) electrons. The van der Waals surface area contributed by atoms with E-state index in [1.807, 2.05) is 29.5 Å². The Balaban J connectivity index is 0.00000231. The fraction of sp³-hybridized carbons (Fsp3) is 0.364. The van der Waals surface area contributed by atoms with Crippen LogP contribution in [0.1, 0.15) is 21.7 Å². The Morgan fingerprint density at radius 2 is 1.97 bits per heavy atom. The third-order valence-corrected chi connectivity index (χ3v) is 9.25. The zero-order chi connectivity index (χ0) is 20.7. The van der Waals surface area contributed by atoms with E-state index in [-0.39, 0.29) is 18.4 Å². The van der Waals surface area contributed by atoms with E-state index < -0.39 is 10.0 Å². The van der Waals surface area contributed by atoms with Crippen molar-refractivity contribution in [1.29, 1.82) is 0 Å². The Kier molecular flexibility index (Phi) is 6.93. The summed E-state index contributed by atoms with van der Waals surface area (Å²) in [5, 5.41) is 9.44. The number of nitrogens with zero attached hydrogens (tertiary/aromatic N) is 1. The molecule has 0 amide bonds. The summed E-state index contributed by atoms with van der Waals surface area (Å²) in [5.41, 5.74) is 1.41. The van der Waals surface area contributed by atoms with Crippen LogP contribution in [0.4, 0.5) is 0 Å². The number of sulfonamides is 1. The molecule has 0 aliphatic carbocycles. The Labute approximate surface area is 198 Å². The molecule has 1 atom stereocenters. The van der Waals surface area contributed by atoms with Gasteiger partial charge in [-0.05, 0) is 59.5 Å². The van der Waals surface area contributed by atoms with E-state index in [4.69, 9.17) is 11.6 Å². The second-order valence-electron chi connectivity index (χ2n) is 7.97. The summed E-state index contributed by atoms with van der Waals surface area (Å²) in [6, 6.07) is 13.2. The van der Waals surface area contributed by atoms with Gasteiger partial charge in [-0.3, -0.25) is 0 Å². The molecule has 31 heavy (non-hydrogen) atoms. The topological polar surface area (TPSA) is 61.4 Å². The first-order valence-electron chi connectivity index (χ1n) is 10.2. The average Bonchev–Trinajstić information content (AvgIpc) is 3.38. The first-order chi connectivity index (χ1) is 14.5. The Bertz CT molecular complexity index is 1170. The van der Waals surface area contributed by atoms with Crippen LogP contribution in [0.5, 0.6) is 0 Å². The predicted octanol–water partition coefficient (Wildman–Crippen LogP) is 4.18. The van der Waals surface area contributed by atoms with Gasteiger partial charge in [-0.15, -0.1) is 23.7 Å². The summed E-state index contributed by atoms with van der Waals surface area (Å²) in [4.78, 5) is 3.16. The van der Waals surface area contributed by atoms with Gasteiger partial charge in [0.25, 0.3) is 0 Å². The Hall–Kier alpha value is -1.19. The molecule has 166 valence electrons. The largest absolute Gasteiger partial charge is 0.312 e. The minimum Gasteiger partial charge on any atom is -0.312 e. The number of rotatable bonds is 5. The van der Waals surface area contributed by atoms with Crippen LogP contribution in [0.15, 0.2) is 47.4 Å². The highest BCUT2D eigenvalue weighted by Gasteiger charge is 2.32. The lowest BCUT2D eigenvalue weighted by Gasteiger charge is -2.17. The first kappa shape index (κ1) is 23.0. The zero-order valence-corrected chi connectivity index (χ0v) is 20.1. The zero-order valence-electron chi connectivity index (χ0n) is 16.9. The van der Waals surface area contributed by atoms with Crippen molar-refractivity contribution >= 4 is 56.1 Å². The van der Waals surface area contributed by atoms with Gasteiger partial charge in [0, 0.05) is 53.5 Å². The van der Waals surface area contributed by atoms with Crippen molar-refractivity contribution in [3.05, 3.63) is 62.8 Å². The maximum atomic E-state index is 13.2. The fourth-order valence-electron chi connectivity index (χ4n) is 4.26. The quantitative estimate of drug-likeness (QED) is 0.555. The lowest BCUT2D eigenvalue weighted by molar-refractivity contribution is 0.457. The highest BCUT2D eigenvalue weighted by molar-refractivity contribution is 7.89. The molecule has 0 bridgehead atoms. The third kappa shape index (κ3) is 4.78. The molecule has 0 unspecified atom stereocenters. The molecule has 5 nitrogen and oxygen atoms in total. The van der Waals surface area contributed by atoms with Gasteiger partial charge < -0.3 is 10.6 Å². The van der Waals surface area contributed by atoms with E-state index in [9.17, 15) is 8.42 Å². The van der Waals surface area contributed by atoms with Gasteiger partial charge in [0.2, 0.25) is 10.0 Å². The molecule has 1 saturated heterocycles. The molecule has 0 saturated carbocycles. The maximum absolute atomic E-state index is 13.2. The number of fused-ring (bicyclic) bond motifs is 2. The number of benzene rings is 2. The van der Waals surface area contributed by atoms with Crippen LogP contribution >= 0.6 is 35.3 Å². The molecule has 3 aromatic rings. The number of nitrogens with one attached hydrogen (secondary N) is 2. The maximum Gasteiger partial charge on any atom is 0.243 e. The minimum absolute atomic E-state index is 0. The Morgan fingerprint density at radius 1 is 1.16 bits per heavy atom. The molecular formula is C22H25Cl2N3O2S2. The number of hydrogen-bond acceptors (Lipinski definition) is 5. The van der Waals surface area contributed by atoms with Gasteiger partial charge in [-0.2, -0.15) is 4.31 Å². The molecule has 9 heteroatoms. The summed E-state index contributed by atoms with van der Waals surface area (Å²) >= 11 is 7.92. The number of hydrogen-bond donors (Lipinski definition) is 2. The van der Waals surface area contributed by atoms with Crippen LogP contribution < -0.4 is 10.6 Å². The summed E-state index contributed by atoms with van der Waals surface area (Å²) in [6.45, 7) is 3.86. The van der Waals surface area contributed by atoms with Crippen LogP contribution in [-0.2, 0) is 29.5 Å². The summed E-state index contributed by atoms with van der Waals surface area (Å²) in [6.07, 6.45) is 1.93. The van der Waals surface area contributed by atoms with Crippen molar-refractivity contribution in [3.63, 3.8) is 0 Å². The van der Waals surface area contributed by atoms with Gasteiger partial charge in [-0.1, -0.05) is 23.7 Å². The van der Waals surface area contributed by atoms with Crippen molar-refractivity contribution in [2.24, 2.45) is 0 Å². The van der Waals surface area contributed by atoms with Crippen molar-refractivity contribution in [2.45, 2.75) is 36.9 Å². The van der Waals surface area contributed by atoms with Crippen LogP contribution in [0.25, 0.3) is 10.8 Å². The van der Waals surface area contributed by atoms with E-state index in [0.717, 1.165) is 43.2 Å². The number of thiophene rings is 1. The van der Waals surface area contributed by atoms with Crippen molar-refractivity contribution in [3.8, 4) is 0 Å². The lowest BCUT2D eigenvalue weighted by atomic mass is 10.1. The van der Waals surface area contributed by atoms with Gasteiger partial charge >= 0.3 is 0 Å². The monoisotopic (exact) mass is 497 g/mol. The average molecular weight is 499 g/mol. The van der Waals surface area contributed by atoms with Crippen molar-refractivity contribution in [1.82, 2.24) is 14.9 Å². The van der Waals surface area contributed by atoms with E-state index in [0.29, 0.717) is 23.0 Å². The molecule has 3 heterocycles. The van der Waals surface area contributed by atoms with E-state index in [1.54, 1.807) is 22.5 Å². The molecular weight excluding hydrogens is 473 g/mol. The predicted molar refractivity (Wildman–Crippen MR) is 130 cm³/mol. The molecule has 2 aliphatic rings. The fourth-order valence-corrected chi connectivity index (χ4v) is 7.12. The third-order valence-electron chi connectivity index (χ3n) is 5.92. The summed E-state index contributed by atoms with van der Waals surface area (Å²) < 4.78 is 27.9. The van der Waals surface area contributed by atoms with Crippen LogP contribution in [0.2, 0.25) is 5.02 Å². The SMILES string of the molecule is Cl.O=S(=O)(c1ccc2cc(Cl)ccc2c1)N1CC[C@H](NCc2cc3c(s2)CCNC3)C1. The van der Waals surface area contributed by atoms with Crippen molar-refractivity contribution < 1.29 is 8.42 Å². The van der Waals surface area contributed by atoms with Crippen LogP contribution in [0.3, 0.4) is 0 Å². The van der Waals surface area contributed by atoms with Gasteiger partial charge in [0.15, 0.2) is 0 Å². The highest BCUT2D eigenvalue weighted by Crippen LogP contribution is 2.28. The molecule has 2 aliphatic heterocycles. The van der Waals surface area contributed by atoms with E-state index in [2.05, 4.69) is 16.7 Å². The summed E-state index contributed by atoms with van der Waals surface area (Å²) in [5.74, 6) is 0. The number of halogens is 2. The second kappa shape index (κ2) is 9.35. The molecule has 1 aromatic heterocycles. The normalized spacial score (nSPS) is 19.3. The smallest absolute Gasteiger partial charge is 0.243 e. The highest BCUT2D eigenvalue weighted by atomic mass is 35.5. The molecule has 0 spiro atoms. The first-order valence-corrected chi connectivity index (χ1v) is 12.9. The van der Waals surface area contributed by atoms with Gasteiger partial charge in [-0.25, -0.2) is 8.42 Å². The van der Waals surface area contributed by atoms with Crippen LogP contribution in [-0.4, -0.2) is 38.4 Å².